The summed E-state index contributed by atoms with van der Waals surface area (Å²) < 4.78 is 4.77. The largest absolute Gasteiger partial charge is 0.469 e. The minimum Gasteiger partial charge on any atom is -0.469 e. The molecule has 0 bridgehead atoms. The van der Waals surface area contributed by atoms with Crippen LogP contribution < -0.4 is 0 Å². The highest BCUT2D eigenvalue weighted by molar-refractivity contribution is 5.72. The summed E-state index contributed by atoms with van der Waals surface area (Å²) in [7, 11) is 1.49. The van der Waals surface area contributed by atoms with Crippen molar-refractivity contribution in [3.05, 3.63) is 0 Å². The van der Waals surface area contributed by atoms with Crippen molar-refractivity contribution in [1.82, 2.24) is 0 Å². The van der Waals surface area contributed by atoms with Gasteiger partial charge in [0.1, 0.15) is 0 Å². The first-order valence-corrected chi connectivity index (χ1v) is 5.71. The van der Waals surface area contributed by atoms with E-state index in [4.69, 9.17) is 4.74 Å². The molecule has 2 nitrogen and oxygen atoms in total. The molecule has 0 spiro atoms. The molecule has 0 amide bonds. The van der Waals surface area contributed by atoms with Gasteiger partial charge in [0.25, 0.3) is 0 Å². The lowest BCUT2D eigenvalue weighted by molar-refractivity contribution is -0.146. The Bertz CT molecular complexity index is 179. The van der Waals surface area contributed by atoms with Crippen LogP contribution in [0.4, 0.5) is 0 Å². The van der Waals surface area contributed by atoms with Gasteiger partial charge in [0, 0.05) is 0 Å². The summed E-state index contributed by atoms with van der Waals surface area (Å²) in [4.78, 5) is 11.3. The van der Waals surface area contributed by atoms with Gasteiger partial charge < -0.3 is 4.74 Å². The molecule has 0 heterocycles. The molecule has 0 unspecified atom stereocenters. The van der Waals surface area contributed by atoms with Crippen molar-refractivity contribution in [3.63, 3.8) is 0 Å². The Labute approximate surface area is 87.0 Å². The molecule has 1 aliphatic rings. The Morgan fingerprint density at radius 3 is 2.29 bits per heavy atom. The van der Waals surface area contributed by atoms with E-state index in [0.29, 0.717) is 0 Å². The summed E-state index contributed by atoms with van der Waals surface area (Å²) >= 11 is 0. The number of esters is 1. The normalized spacial score (nSPS) is 27.7. The zero-order valence-electron chi connectivity index (χ0n) is 9.58. The molecule has 0 aromatic carbocycles. The second-order valence-corrected chi connectivity index (χ2v) is 4.87. The summed E-state index contributed by atoms with van der Waals surface area (Å²) in [6, 6.07) is 0. The van der Waals surface area contributed by atoms with Crippen molar-refractivity contribution in [2.24, 2.45) is 17.8 Å². The van der Waals surface area contributed by atoms with E-state index in [1.54, 1.807) is 0 Å². The van der Waals surface area contributed by atoms with Crippen molar-refractivity contribution in [3.8, 4) is 0 Å². The van der Waals surface area contributed by atoms with Crippen LogP contribution >= 0.6 is 0 Å². The SMILES string of the molecule is COC(=O)C1CCC(CC(C)C)CC1. The van der Waals surface area contributed by atoms with Gasteiger partial charge in [-0.1, -0.05) is 13.8 Å². The van der Waals surface area contributed by atoms with Crippen LogP contribution in [0.3, 0.4) is 0 Å². The predicted octanol–water partition coefficient (Wildman–Crippen LogP) is 3.01. The topological polar surface area (TPSA) is 26.3 Å². The second kappa shape index (κ2) is 5.38. The van der Waals surface area contributed by atoms with E-state index in [1.807, 2.05) is 0 Å². The minimum absolute atomic E-state index is 0.00648. The molecule has 14 heavy (non-hydrogen) atoms. The van der Waals surface area contributed by atoms with Gasteiger partial charge in [-0.25, -0.2) is 0 Å². The Balaban J connectivity index is 2.27. The molecule has 0 N–H and O–H groups in total. The van der Waals surface area contributed by atoms with E-state index in [1.165, 1.54) is 26.4 Å². The molecule has 0 aliphatic heterocycles. The fraction of sp³-hybridized carbons (Fsp3) is 0.917. The maximum atomic E-state index is 11.3. The number of hydrogen-bond donors (Lipinski definition) is 0. The maximum Gasteiger partial charge on any atom is 0.308 e. The zero-order valence-corrected chi connectivity index (χ0v) is 9.58. The molecule has 2 heteroatoms. The van der Waals surface area contributed by atoms with Crippen molar-refractivity contribution in [2.75, 3.05) is 7.11 Å². The van der Waals surface area contributed by atoms with Crippen molar-refractivity contribution in [1.29, 1.82) is 0 Å². The molecule has 1 rings (SSSR count). The van der Waals surface area contributed by atoms with Crippen molar-refractivity contribution in [2.45, 2.75) is 46.0 Å². The molecular weight excluding hydrogens is 176 g/mol. The lowest BCUT2D eigenvalue weighted by Crippen LogP contribution is -2.23. The average Bonchev–Trinajstić information content (AvgIpc) is 2.17. The van der Waals surface area contributed by atoms with Gasteiger partial charge in [-0.3, -0.25) is 4.79 Å². The molecule has 0 saturated heterocycles. The van der Waals surface area contributed by atoms with E-state index in [0.717, 1.165) is 24.7 Å². The molecule has 1 aliphatic carbocycles. The predicted molar refractivity (Wildman–Crippen MR) is 56.9 cm³/mol. The van der Waals surface area contributed by atoms with Gasteiger partial charge in [-0.2, -0.15) is 0 Å². The Hall–Kier alpha value is -0.530. The third-order valence-corrected chi connectivity index (χ3v) is 3.19. The van der Waals surface area contributed by atoms with Crippen LogP contribution in [-0.2, 0) is 9.53 Å². The third kappa shape index (κ3) is 3.32. The summed E-state index contributed by atoms with van der Waals surface area (Å²) in [5.41, 5.74) is 0. The van der Waals surface area contributed by atoms with Gasteiger partial charge in [0.05, 0.1) is 13.0 Å². The van der Waals surface area contributed by atoms with Crippen LogP contribution in [0.1, 0.15) is 46.0 Å². The van der Waals surface area contributed by atoms with Gasteiger partial charge in [-0.05, 0) is 43.9 Å². The van der Waals surface area contributed by atoms with Gasteiger partial charge in [-0.15, -0.1) is 0 Å². The number of carbonyl (C=O) groups is 1. The first-order chi connectivity index (χ1) is 6.63. The molecule has 82 valence electrons. The number of ether oxygens (including phenoxy) is 1. The van der Waals surface area contributed by atoms with Gasteiger partial charge in [0.15, 0.2) is 0 Å². The highest BCUT2D eigenvalue weighted by Gasteiger charge is 2.26. The number of hydrogen-bond acceptors (Lipinski definition) is 2. The van der Waals surface area contributed by atoms with E-state index < -0.39 is 0 Å². The van der Waals surface area contributed by atoms with E-state index >= 15 is 0 Å². The summed E-state index contributed by atoms with van der Waals surface area (Å²) in [6.07, 6.45) is 5.79. The van der Waals surface area contributed by atoms with E-state index in [9.17, 15) is 4.79 Å². The maximum absolute atomic E-state index is 11.3. The van der Waals surface area contributed by atoms with E-state index in [2.05, 4.69) is 13.8 Å². The standard InChI is InChI=1S/C12H22O2/c1-9(2)8-10-4-6-11(7-5-10)12(13)14-3/h9-11H,4-8H2,1-3H3. The molecule has 0 atom stereocenters. The average molecular weight is 198 g/mol. The van der Waals surface area contributed by atoms with Crippen LogP contribution in [0.2, 0.25) is 0 Å². The highest BCUT2D eigenvalue weighted by Crippen LogP contribution is 2.33. The number of carbonyl (C=O) groups excluding carboxylic acids is 1. The first kappa shape index (κ1) is 11.5. The Kier molecular flexibility index (Phi) is 4.43. The van der Waals surface area contributed by atoms with Crippen LogP contribution in [0.5, 0.6) is 0 Å². The van der Waals surface area contributed by atoms with Gasteiger partial charge in [0.2, 0.25) is 0 Å². The van der Waals surface area contributed by atoms with E-state index in [-0.39, 0.29) is 11.9 Å². The van der Waals surface area contributed by atoms with Crippen LogP contribution in [0.25, 0.3) is 0 Å². The summed E-state index contributed by atoms with van der Waals surface area (Å²) in [5, 5.41) is 0. The Morgan fingerprint density at radius 2 is 1.86 bits per heavy atom. The molecular formula is C12H22O2. The number of rotatable bonds is 3. The molecule has 1 saturated carbocycles. The quantitative estimate of drug-likeness (QED) is 0.652. The smallest absolute Gasteiger partial charge is 0.308 e. The molecule has 0 aromatic heterocycles. The van der Waals surface area contributed by atoms with Crippen LogP contribution in [-0.4, -0.2) is 13.1 Å². The van der Waals surface area contributed by atoms with Crippen LogP contribution in [0, 0.1) is 17.8 Å². The minimum atomic E-state index is -0.00648. The lowest BCUT2D eigenvalue weighted by Gasteiger charge is -2.27. The first-order valence-electron chi connectivity index (χ1n) is 5.71. The number of methoxy groups -OCH3 is 1. The monoisotopic (exact) mass is 198 g/mol. The summed E-state index contributed by atoms with van der Waals surface area (Å²) in [6.45, 7) is 4.54. The fourth-order valence-corrected chi connectivity index (χ4v) is 2.47. The third-order valence-electron chi connectivity index (χ3n) is 3.19. The van der Waals surface area contributed by atoms with Crippen molar-refractivity contribution < 1.29 is 9.53 Å². The summed E-state index contributed by atoms with van der Waals surface area (Å²) in [5.74, 6) is 1.81. The zero-order chi connectivity index (χ0) is 10.6. The van der Waals surface area contributed by atoms with Crippen LogP contribution in [0.15, 0.2) is 0 Å². The lowest BCUT2D eigenvalue weighted by atomic mass is 9.78. The fourth-order valence-electron chi connectivity index (χ4n) is 2.47. The molecule has 0 radical (unpaired) electrons. The van der Waals surface area contributed by atoms with Gasteiger partial charge >= 0.3 is 5.97 Å². The highest BCUT2D eigenvalue weighted by atomic mass is 16.5. The second-order valence-electron chi connectivity index (χ2n) is 4.87. The molecule has 1 fully saturated rings. The Morgan fingerprint density at radius 1 is 1.29 bits per heavy atom. The molecule has 0 aromatic rings. The van der Waals surface area contributed by atoms with Crippen molar-refractivity contribution >= 4 is 5.97 Å².